The Morgan fingerprint density at radius 3 is 2.15 bits per heavy atom. The second kappa shape index (κ2) is 10.3. The maximum absolute atomic E-state index is 15.1. The Balaban J connectivity index is 1.42. The molecule has 3 fully saturated rings. The summed E-state index contributed by atoms with van der Waals surface area (Å²) in [5, 5.41) is 2.54. The SMILES string of the molecule is CCCCC1CCC(C2CCC(C3CCC(N=C=S)CC3)CC2F)CC1. The molecular formula is C23H38FNS. The van der Waals surface area contributed by atoms with Crippen LogP contribution in [0.3, 0.4) is 0 Å². The van der Waals surface area contributed by atoms with Gasteiger partial charge in [0.25, 0.3) is 0 Å². The molecule has 0 N–H and O–H groups in total. The highest BCUT2D eigenvalue weighted by Gasteiger charge is 2.39. The Morgan fingerprint density at radius 2 is 1.54 bits per heavy atom. The summed E-state index contributed by atoms with van der Waals surface area (Å²) < 4.78 is 15.1. The van der Waals surface area contributed by atoms with Crippen LogP contribution in [0, 0.1) is 29.6 Å². The van der Waals surface area contributed by atoms with Gasteiger partial charge in [0, 0.05) is 0 Å². The Bertz CT molecular complexity index is 459. The molecule has 0 radical (unpaired) electrons. The first-order valence-electron chi connectivity index (χ1n) is 11.4. The van der Waals surface area contributed by atoms with E-state index in [-0.39, 0.29) is 0 Å². The molecule has 0 spiro atoms. The summed E-state index contributed by atoms with van der Waals surface area (Å²) in [6, 6.07) is 0.393. The summed E-state index contributed by atoms with van der Waals surface area (Å²) in [6.45, 7) is 2.29. The number of nitrogens with zero attached hydrogens (tertiary/aromatic N) is 1. The Morgan fingerprint density at radius 1 is 0.885 bits per heavy atom. The zero-order valence-electron chi connectivity index (χ0n) is 16.7. The molecule has 0 aromatic heterocycles. The standard InChI is InChI=1S/C23H38FNS/c1-2-3-4-17-5-7-19(8-6-17)22-14-11-20(15-23(22)24)18-9-12-21(13-10-18)25-16-26/h17-23H,2-15H2,1H3. The second-order valence-corrected chi connectivity index (χ2v) is 9.65. The minimum absolute atomic E-state index is 0.370. The van der Waals surface area contributed by atoms with Crippen molar-refractivity contribution in [1.82, 2.24) is 0 Å². The maximum atomic E-state index is 15.1. The third-order valence-corrected chi connectivity index (χ3v) is 8.07. The van der Waals surface area contributed by atoms with Gasteiger partial charge in [0.2, 0.25) is 0 Å². The number of hydrogen-bond donors (Lipinski definition) is 0. The number of isothiocyanates is 1. The second-order valence-electron chi connectivity index (χ2n) is 9.47. The van der Waals surface area contributed by atoms with Crippen LogP contribution in [0.25, 0.3) is 0 Å². The molecule has 3 aliphatic rings. The predicted molar refractivity (Wildman–Crippen MR) is 111 cm³/mol. The number of hydrogen-bond acceptors (Lipinski definition) is 2. The van der Waals surface area contributed by atoms with E-state index in [1.165, 1.54) is 64.2 Å². The molecule has 26 heavy (non-hydrogen) atoms. The van der Waals surface area contributed by atoms with E-state index in [0.717, 1.165) is 37.5 Å². The van der Waals surface area contributed by atoms with Crippen molar-refractivity contribution < 1.29 is 4.39 Å². The summed E-state index contributed by atoms with van der Waals surface area (Å²) >= 11 is 4.74. The van der Waals surface area contributed by atoms with E-state index < -0.39 is 6.17 Å². The van der Waals surface area contributed by atoms with Gasteiger partial charge in [-0.2, -0.15) is 0 Å². The van der Waals surface area contributed by atoms with E-state index in [2.05, 4.69) is 17.1 Å². The molecule has 3 unspecified atom stereocenters. The third-order valence-electron chi connectivity index (χ3n) is 7.97. The van der Waals surface area contributed by atoms with Crippen LogP contribution in [0.15, 0.2) is 4.99 Å². The van der Waals surface area contributed by atoms with Crippen LogP contribution >= 0.6 is 12.2 Å². The lowest BCUT2D eigenvalue weighted by atomic mass is 9.64. The minimum atomic E-state index is -0.539. The number of halogens is 1. The fourth-order valence-corrected chi connectivity index (χ4v) is 6.45. The van der Waals surface area contributed by atoms with E-state index >= 15 is 4.39 Å². The van der Waals surface area contributed by atoms with Crippen LogP contribution < -0.4 is 0 Å². The lowest BCUT2D eigenvalue weighted by Crippen LogP contribution is -2.36. The van der Waals surface area contributed by atoms with Gasteiger partial charge in [-0.1, -0.05) is 39.0 Å². The average molecular weight is 380 g/mol. The van der Waals surface area contributed by atoms with Gasteiger partial charge in [-0.3, -0.25) is 0 Å². The molecule has 0 aromatic carbocycles. The first-order valence-corrected chi connectivity index (χ1v) is 11.8. The van der Waals surface area contributed by atoms with Gasteiger partial charge < -0.3 is 0 Å². The molecule has 3 saturated carbocycles. The van der Waals surface area contributed by atoms with Crippen molar-refractivity contribution in [3.8, 4) is 0 Å². The molecule has 3 atom stereocenters. The Labute approximate surface area is 165 Å². The van der Waals surface area contributed by atoms with Crippen molar-refractivity contribution in [2.24, 2.45) is 34.6 Å². The van der Waals surface area contributed by atoms with Crippen LogP contribution in [0.2, 0.25) is 0 Å². The quantitative estimate of drug-likeness (QED) is 0.346. The van der Waals surface area contributed by atoms with Crippen LogP contribution in [0.5, 0.6) is 0 Å². The highest BCUT2D eigenvalue weighted by molar-refractivity contribution is 7.78. The van der Waals surface area contributed by atoms with Crippen molar-refractivity contribution in [2.75, 3.05) is 0 Å². The van der Waals surface area contributed by atoms with Gasteiger partial charge in [-0.25, -0.2) is 9.38 Å². The molecule has 0 bridgehead atoms. The predicted octanol–water partition coefficient (Wildman–Crippen LogP) is 7.40. The fourth-order valence-electron chi connectivity index (χ4n) is 6.30. The smallest absolute Gasteiger partial charge is 0.103 e. The minimum Gasteiger partial charge on any atom is -0.247 e. The van der Waals surface area contributed by atoms with Crippen molar-refractivity contribution in [3.63, 3.8) is 0 Å². The first kappa shape index (κ1) is 20.5. The Kier molecular flexibility index (Phi) is 8.12. The van der Waals surface area contributed by atoms with E-state index in [9.17, 15) is 0 Å². The summed E-state index contributed by atoms with van der Waals surface area (Å²) in [4.78, 5) is 4.27. The van der Waals surface area contributed by atoms with Gasteiger partial charge in [-0.05, 0) is 99.6 Å². The summed E-state index contributed by atoms with van der Waals surface area (Å²) in [7, 11) is 0. The average Bonchev–Trinajstić information content (AvgIpc) is 2.68. The molecule has 148 valence electrons. The number of aliphatic imine (C=N–C) groups is 1. The van der Waals surface area contributed by atoms with Gasteiger partial charge in [0.15, 0.2) is 0 Å². The van der Waals surface area contributed by atoms with Gasteiger partial charge in [0.1, 0.15) is 6.17 Å². The summed E-state index contributed by atoms with van der Waals surface area (Å²) in [5.74, 6) is 3.34. The van der Waals surface area contributed by atoms with Gasteiger partial charge in [-0.15, -0.1) is 0 Å². The van der Waals surface area contributed by atoms with Crippen molar-refractivity contribution in [3.05, 3.63) is 0 Å². The highest BCUT2D eigenvalue weighted by Crippen LogP contribution is 2.47. The number of unbranched alkanes of at least 4 members (excludes halogenated alkanes) is 1. The normalized spacial score (nSPS) is 41.4. The van der Waals surface area contributed by atoms with Crippen LogP contribution in [0.1, 0.15) is 96.8 Å². The first-order chi connectivity index (χ1) is 12.7. The zero-order valence-corrected chi connectivity index (χ0v) is 17.5. The van der Waals surface area contributed by atoms with Crippen molar-refractivity contribution in [2.45, 2.75) is 109 Å². The van der Waals surface area contributed by atoms with E-state index in [4.69, 9.17) is 12.2 Å². The van der Waals surface area contributed by atoms with Crippen LogP contribution in [-0.2, 0) is 0 Å². The van der Waals surface area contributed by atoms with Crippen molar-refractivity contribution >= 4 is 17.4 Å². The molecule has 1 nitrogen and oxygen atoms in total. The molecule has 0 aliphatic heterocycles. The summed E-state index contributed by atoms with van der Waals surface area (Å²) in [6.07, 6.45) is 16.8. The monoisotopic (exact) mass is 379 g/mol. The number of thiocarbonyl (C=S) groups is 1. The van der Waals surface area contributed by atoms with Crippen LogP contribution in [0.4, 0.5) is 4.39 Å². The van der Waals surface area contributed by atoms with E-state index in [1.807, 2.05) is 0 Å². The third kappa shape index (κ3) is 5.38. The van der Waals surface area contributed by atoms with E-state index in [0.29, 0.717) is 23.8 Å². The Hall–Kier alpha value is -0.270. The van der Waals surface area contributed by atoms with E-state index in [1.54, 1.807) is 0 Å². The molecule has 3 heteroatoms. The molecule has 3 rings (SSSR count). The molecule has 0 aromatic rings. The molecule has 0 saturated heterocycles. The molecular weight excluding hydrogens is 341 g/mol. The summed E-state index contributed by atoms with van der Waals surface area (Å²) in [5.41, 5.74) is 0. The van der Waals surface area contributed by atoms with Crippen LogP contribution in [-0.4, -0.2) is 17.4 Å². The van der Waals surface area contributed by atoms with Crippen molar-refractivity contribution in [1.29, 1.82) is 0 Å². The largest absolute Gasteiger partial charge is 0.247 e. The molecule has 3 aliphatic carbocycles. The lowest BCUT2D eigenvalue weighted by molar-refractivity contribution is 0.0351. The highest BCUT2D eigenvalue weighted by atomic mass is 32.1. The maximum Gasteiger partial charge on any atom is 0.103 e. The lowest BCUT2D eigenvalue weighted by Gasteiger charge is -2.42. The number of alkyl halides is 1. The fraction of sp³-hybridized carbons (Fsp3) is 0.957. The van der Waals surface area contributed by atoms with Gasteiger partial charge in [0.05, 0.1) is 11.2 Å². The topological polar surface area (TPSA) is 12.4 Å². The number of rotatable bonds is 6. The molecule has 0 heterocycles. The zero-order chi connectivity index (χ0) is 18.4. The molecule has 0 amide bonds. The van der Waals surface area contributed by atoms with Gasteiger partial charge >= 0.3 is 0 Å².